The molecule has 0 aromatic rings. The van der Waals surface area contributed by atoms with E-state index >= 15 is 0 Å². The van der Waals surface area contributed by atoms with E-state index in [1.165, 1.54) is 44.9 Å². The molecule has 1 nitrogen and oxygen atoms in total. The van der Waals surface area contributed by atoms with Crippen molar-refractivity contribution in [3.8, 4) is 0 Å². The molecule has 1 aliphatic carbocycles. The van der Waals surface area contributed by atoms with Gasteiger partial charge in [0.2, 0.25) is 0 Å². The van der Waals surface area contributed by atoms with Crippen molar-refractivity contribution in [2.75, 3.05) is 6.54 Å². The van der Waals surface area contributed by atoms with Crippen molar-refractivity contribution in [1.29, 1.82) is 0 Å². The molecule has 0 spiro atoms. The summed E-state index contributed by atoms with van der Waals surface area (Å²) < 4.78 is 0. The first kappa shape index (κ1) is 10.0. The van der Waals surface area contributed by atoms with Crippen molar-refractivity contribution in [2.45, 2.75) is 51.9 Å². The van der Waals surface area contributed by atoms with Crippen LogP contribution in [0.1, 0.15) is 51.9 Å². The highest BCUT2D eigenvalue weighted by molar-refractivity contribution is 4.69. The maximum atomic E-state index is 5.67. The Balaban J connectivity index is 2.06. The Morgan fingerprint density at radius 1 is 1.33 bits per heavy atom. The smallest absolute Gasteiger partial charge is 0.00490 e. The van der Waals surface area contributed by atoms with Gasteiger partial charge in [-0.15, -0.1) is 0 Å². The van der Waals surface area contributed by atoms with Gasteiger partial charge in [-0.1, -0.05) is 45.4 Å². The fraction of sp³-hybridized carbons (Fsp3) is 1.00. The van der Waals surface area contributed by atoms with Gasteiger partial charge in [-0.05, 0) is 24.8 Å². The molecule has 1 aliphatic rings. The van der Waals surface area contributed by atoms with E-state index in [2.05, 4.69) is 6.92 Å². The molecule has 1 unspecified atom stereocenters. The minimum absolute atomic E-state index is 0.797. The molecule has 1 saturated carbocycles. The van der Waals surface area contributed by atoms with E-state index in [9.17, 15) is 0 Å². The largest absolute Gasteiger partial charge is 0.330 e. The monoisotopic (exact) mass is 169 g/mol. The van der Waals surface area contributed by atoms with Crippen molar-refractivity contribution >= 4 is 0 Å². The predicted molar refractivity (Wildman–Crippen MR) is 54.0 cm³/mol. The second-order valence-electron chi connectivity index (χ2n) is 4.24. The average molecular weight is 169 g/mol. The minimum Gasteiger partial charge on any atom is -0.330 e. The lowest BCUT2D eigenvalue weighted by atomic mass is 9.93. The van der Waals surface area contributed by atoms with Gasteiger partial charge in [0.1, 0.15) is 0 Å². The molecule has 1 atom stereocenters. The molecule has 0 bridgehead atoms. The summed E-state index contributed by atoms with van der Waals surface area (Å²) in [6, 6.07) is 0. The molecule has 12 heavy (non-hydrogen) atoms. The standard InChI is InChI=1S/C11H23N/c1-2-10(9-12)7-8-11-5-3-4-6-11/h10-11H,2-9,12H2,1H3. The van der Waals surface area contributed by atoms with Gasteiger partial charge in [-0.25, -0.2) is 0 Å². The molecule has 0 saturated heterocycles. The first-order chi connectivity index (χ1) is 5.86. The van der Waals surface area contributed by atoms with Crippen LogP contribution < -0.4 is 5.73 Å². The maximum absolute atomic E-state index is 5.67. The van der Waals surface area contributed by atoms with Crippen molar-refractivity contribution in [1.82, 2.24) is 0 Å². The molecule has 0 amide bonds. The lowest BCUT2D eigenvalue weighted by molar-refractivity contribution is 0.394. The fourth-order valence-electron chi connectivity index (χ4n) is 2.26. The van der Waals surface area contributed by atoms with Crippen molar-refractivity contribution in [3.05, 3.63) is 0 Å². The molecule has 1 heteroatoms. The van der Waals surface area contributed by atoms with Crippen LogP contribution in [0.3, 0.4) is 0 Å². The van der Waals surface area contributed by atoms with Crippen LogP contribution in [-0.4, -0.2) is 6.54 Å². The number of hydrogen-bond acceptors (Lipinski definition) is 1. The highest BCUT2D eigenvalue weighted by Crippen LogP contribution is 2.30. The van der Waals surface area contributed by atoms with Crippen molar-refractivity contribution in [2.24, 2.45) is 17.6 Å². The Labute approximate surface area is 76.7 Å². The van der Waals surface area contributed by atoms with E-state index < -0.39 is 0 Å². The van der Waals surface area contributed by atoms with Gasteiger partial charge >= 0.3 is 0 Å². The van der Waals surface area contributed by atoms with Gasteiger partial charge in [0.25, 0.3) is 0 Å². The Morgan fingerprint density at radius 2 is 2.00 bits per heavy atom. The van der Waals surface area contributed by atoms with Gasteiger partial charge in [0.05, 0.1) is 0 Å². The Bertz CT molecular complexity index is 99.6. The molecule has 0 heterocycles. The third-order valence-corrected chi connectivity index (χ3v) is 3.37. The van der Waals surface area contributed by atoms with Gasteiger partial charge < -0.3 is 5.73 Å². The summed E-state index contributed by atoms with van der Waals surface area (Å²) in [5.74, 6) is 1.84. The zero-order valence-electron chi connectivity index (χ0n) is 8.39. The van der Waals surface area contributed by atoms with Gasteiger partial charge in [0.15, 0.2) is 0 Å². The van der Waals surface area contributed by atoms with Gasteiger partial charge in [0, 0.05) is 0 Å². The van der Waals surface area contributed by atoms with E-state index in [-0.39, 0.29) is 0 Å². The molecular formula is C11H23N. The summed E-state index contributed by atoms with van der Waals surface area (Å²) in [4.78, 5) is 0. The second kappa shape index (κ2) is 5.58. The van der Waals surface area contributed by atoms with Gasteiger partial charge in [-0.3, -0.25) is 0 Å². The zero-order chi connectivity index (χ0) is 8.81. The van der Waals surface area contributed by atoms with Crippen molar-refractivity contribution in [3.63, 3.8) is 0 Å². The Morgan fingerprint density at radius 3 is 2.50 bits per heavy atom. The molecule has 0 radical (unpaired) electrons. The first-order valence-electron chi connectivity index (χ1n) is 5.56. The number of nitrogens with two attached hydrogens (primary N) is 1. The van der Waals surface area contributed by atoms with Crippen LogP contribution >= 0.6 is 0 Å². The molecule has 1 rings (SSSR count). The number of hydrogen-bond donors (Lipinski definition) is 1. The summed E-state index contributed by atoms with van der Waals surface area (Å²) in [5, 5.41) is 0. The van der Waals surface area contributed by atoms with Crippen LogP contribution in [0.15, 0.2) is 0 Å². The summed E-state index contributed by atoms with van der Waals surface area (Å²) >= 11 is 0. The lowest BCUT2D eigenvalue weighted by Gasteiger charge is -2.14. The molecule has 2 N–H and O–H groups in total. The fourth-order valence-corrected chi connectivity index (χ4v) is 2.26. The van der Waals surface area contributed by atoms with Crippen LogP contribution in [0.25, 0.3) is 0 Å². The molecule has 0 aromatic carbocycles. The predicted octanol–water partition coefficient (Wildman–Crippen LogP) is 2.94. The molecule has 72 valence electrons. The van der Waals surface area contributed by atoms with Crippen molar-refractivity contribution < 1.29 is 0 Å². The van der Waals surface area contributed by atoms with E-state index in [0.717, 1.165) is 18.4 Å². The van der Waals surface area contributed by atoms with E-state index in [1.54, 1.807) is 0 Å². The van der Waals surface area contributed by atoms with Crippen LogP contribution in [0.4, 0.5) is 0 Å². The van der Waals surface area contributed by atoms with Crippen LogP contribution in [0, 0.1) is 11.8 Å². The summed E-state index contributed by atoms with van der Waals surface area (Å²) in [6.07, 6.45) is 10.0. The van der Waals surface area contributed by atoms with E-state index in [1.807, 2.05) is 0 Å². The second-order valence-corrected chi connectivity index (χ2v) is 4.24. The molecular weight excluding hydrogens is 146 g/mol. The average Bonchev–Trinajstić information content (AvgIpc) is 2.59. The Hall–Kier alpha value is -0.0400. The van der Waals surface area contributed by atoms with Gasteiger partial charge in [-0.2, -0.15) is 0 Å². The molecule has 1 fully saturated rings. The summed E-state index contributed by atoms with van der Waals surface area (Å²) in [7, 11) is 0. The summed E-state index contributed by atoms with van der Waals surface area (Å²) in [5.41, 5.74) is 5.67. The van der Waals surface area contributed by atoms with Crippen LogP contribution in [-0.2, 0) is 0 Å². The quantitative estimate of drug-likeness (QED) is 0.673. The summed E-state index contributed by atoms with van der Waals surface area (Å²) in [6.45, 7) is 3.15. The lowest BCUT2D eigenvalue weighted by Crippen LogP contribution is -2.14. The topological polar surface area (TPSA) is 26.0 Å². The third kappa shape index (κ3) is 3.14. The van der Waals surface area contributed by atoms with Crippen LogP contribution in [0.2, 0.25) is 0 Å². The number of rotatable bonds is 5. The molecule has 0 aliphatic heterocycles. The maximum Gasteiger partial charge on any atom is -0.00490 e. The Kier molecular flexibility index (Phi) is 4.67. The highest BCUT2D eigenvalue weighted by atomic mass is 14.5. The van der Waals surface area contributed by atoms with E-state index in [4.69, 9.17) is 5.73 Å². The third-order valence-electron chi connectivity index (χ3n) is 3.37. The minimum atomic E-state index is 0.797. The first-order valence-corrected chi connectivity index (χ1v) is 5.56. The zero-order valence-corrected chi connectivity index (χ0v) is 8.39. The molecule has 0 aromatic heterocycles. The SMILES string of the molecule is CCC(CN)CCC1CCCC1. The van der Waals surface area contributed by atoms with E-state index in [0.29, 0.717) is 0 Å². The highest BCUT2D eigenvalue weighted by Gasteiger charge is 2.15. The normalized spacial score (nSPS) is 21.5. The van der Waals surface area contributed by atoms with Crippen LogP contribution in [0.5, 0.6) is 0 Å².